The average molecular weight is 294 g/mol. The van der Waals surface area contributed by atoms with Crippen LogP contribution in [0.1, 0.15) is 29.7 Å². The third kappa shape index (κ3) is 3.30. The lowest BCUT2D eigenvalue weighted by atomic mass is 10.1. The minimum absolute atomic E-state index is 0.0203. The third-order valence-electron chi connectivity index (χ3n) is 3.14. The second-order valence-corrected chi connectivity index (χ2v) is 5.22. The van der Waals surface area contributed by atoms with Crippen LogP contribution in [-0.4, -0.2) is 0 Å². The lowest BCUT2D eigenvalue weighted by molar-refractivity contribution is 0.297. The largest absolute Gasteiger partial charge is 0.489 e. The molecule has 0 aliphatic rings. The van der Waals surface area contributed by atoms with Crippen LogP contribution >= 0.6 is 11.6 Å². The minimum Gasteiger partial charge on any atom is -0.489 e. The van der Waals surface area contributed by atoms with Gasteiger partial charge in [-0.2, -0.15) is 0 Å². The maximum absolute atomic E-state index is 13.7. The number of hydrogen-bond acceptors (Lipinski definition) is 2. The van der Waals surface area contributed by atoms with Gasteiger partial charge in [0.25, 0.3) is 0 Å². The Morgan fingerprint density at radius 3 is 2.70 bits per heavy atom. The van der Waals surface area contributed by atoms with Crippen molar-refractivity contribution in [3.05, 3.63) is 63.9 Å². The van der Waals surface area contributed by atoms with E-state index in [2.05, 4.69) is 0 Å². The van der Waals surface area contributed by atoms with E-state index in [0.717, 1.165) is 11.1 Å². The van der Waals surface area contributed by atoms with Crippen molar-refractivity contribution in [3.8, 4) is 5.75 Å². The zero-order chi connectivity index (χ0) is 14.7. The predicted molar refractivity (Wildman–Crippen MR) is 79.5 cm³/mol. The summed E-state index contributed by atoms with van der Waals surface area (Å²) in [6.45, 7) is 4.01. The Bertz CT molecular complexity index is 613. The molecule has 1 atom stereocenters. The summed E-state index contributed by atoms with van der Waals surface area (Å²) in [6.07, 6.45) is 0. The zero-order valence-corrected chi connectivity index (χ0v) is 12.2. The summed E-state index contributed by atoms with van der Waals surface area (Å²) in [6, 6.07) is 10.6. The number of halogens is 2. The molecule has 2 aromatic carbocycles. The molecule has 0 bridgehead atoms. The molecule has 0 unspecified atom stereocenters. The molecule has 0 aliphatic carbocycles. The SMILES string of the molecule is Cc1cc([C@H](C)N)ccc1OCc1cccc(Cl)c1F. The van der Waals surface area contributed by atoms with Gasteiger partial charge >= 0.3 is 0 Å². The summed E-state index contributed by atoms with van der Waals surface area (Å²) in [5, 5.41) is 0.107. The fourth-order valence-corrected chi connectivity index (χ4v) is 2.13. The Balaban J connectivity index is 2.13. The highest BCUT2D eigenvalue weighted by Gasteiger charge is 2.08. The van der Waals surface area contributed by atoms with Gasteiger partial charge < -0.3 is 10.5 Å². The highest BCUT2D eigenvalue weighted by Crippen LogP contribution is 2.24. The molecule has 2 rings (SSSR count). The molecule has 0 heterocycles. The first-order valence-electron chi connectivity index (χ1n) is 6.41. The molecule has 2 nitrogen and oxygen atoms in total. The van der Waals surface area contributed by atoms with E-state index in [9.17, 15) is 4.39 Å². The molecule has 106 valence electrons. The monoisotopic (exact) mass is 293 g/mol. The average Bonchev–Trinajstić information content (AvgIpc) is 2.41. The summed E-state index contributed by atoms with van der Waals surface area (Å²) in [7, 11) is 0. The maximum atomic E-state index is 13.7. The van der Waals surface area contributed by atoms with Crippen LogP contribution in [0.2, 0.25) is 5.02 Å². The summed E-state index contributed by atoms with van der Waals surface area (Å²) in [5.41, 5.74) is 8.29. The van der Waals surface area contributed by atoms with E-state index in [1.165, 1.54) is 6.07 Å². The molecule has 20 heavy (non-hydrogen) atoms. The van der Waals surface area contributed by atoms with E-state index in [4.69, 9.17) is 22.1 Å². The van der Waals surface area contributed by atoms with Crippen LogP contribution in [0.5, 0.6) is 5.75 Å². The fourth-order valence-electron chi connectivity index (χ4n) is 1.93. The van der Waals surface area contributed by atoms with Gasteiger partial charge in [0.2, 0.25) is 0 Å². The molecule has 0 spiro atoms. The molecule has 0 amide bonds. The van der Waals surface area contributed by atoms with Crippen molar-refractivity contribution < 1.29 is 9.13 Å². The van der Waals surface area contributed by atoms with Crippen LogP contribution < -0.4 is 10.5 Å². The van der Waals surface area contributed by atoms with Gasteiger partial charge in [-0.15, -0.1) is 0 Å². The van der Waals surface area contributed by atoms with Crippen molar-refractivity contribution in [2.45, 2.75) is 26.5 Å². The van der Waals surface area contributed by atoms with Crippen LogP contribution in [0.25, 0.3) is 0 Å². The highest BCUT2D eigenvalue weighted by molar-refractivity contribution is 6.30. The quantitative estimate of drug-likeness (QED) is 0.907. The van der Waals surface area contributed by atoms with Gasteiger partial charge in [0.15, 0.2) is 0 Å². The van der Waals surface area contributed by atoms with Crippen LogP contribution in [-0.2, 0) is 6.61 Å². The van der Waals surface area contributed by atoms with E-state index in [1.807, 2.05) is 32.0 Å². The Hall–Kier alpha value is -1.58. The fraction of sp³-hybridized carbons (Fsp3) is 0.250. The Morgan fingerprint density at radius 2 is 2.05 bits per heavy atom. The molecular formula is C16H17ClFNO. The van der Waals surface area contributed by atoms with Gasteiger partial charge in [0.05, 0.1) is 5.02 Å². The van der Waals surface area contributed by atoms with Gasteiger partial charge in [-0.25, -0.2) is 4.39 Å². The first-order chi connectivity index (χ1) is 9.49. The standard InChI is InChI=1S/C16H17ClFNO/c1-10-8-12(11(2)19)6-7-15(10)20-9-13-4-3-5-14(17)16(13)18/h3-8,11H,9,19H2,1-2H3/t11-/m0/s1. The molecule has 2 aromatic rings. The lowest BCUT2D eigenvalue weighted by Gasteiger charge is -2.13. The Kier molecular flexibility index (Phi) is 4.63. The molecule has 0 aromatic heterocycles. The number of benzene rings is 2. The molecule has 0 saturated heterocycles. The van der Waals surface area contributed by atoms with Gasteiger partial charge in [-0.3, -0.25) is 0 Å². The summed E-state index contributed by atoms with van der Waals surface area (Å²) < 4.78 is 19.4. The second kappa shape index (κ2) is 6.25. The second-order valence-electron chi connectivity index (χ2n) is 4.82. The van der Waals surface area contributed by atoms with Crippen LogP contribution in [0.15, 0.2) is 36.4 Å². The number of rotatable bonds is 4. The highest BCUT2D eigenvalue weighted by atomic mass is 35.5. The third-order valence-corrected chi connectivity index (χ3v) is 3.43. The summed E-state index contributed by atoms with van der Waals surface area (Å²) >= 11 is 5.74. The minimum atomic E-state index is -0.431. The van der Waals surface area contributed by atoms with Gasteiger partial charge in [-0.05, 0) is 37.1 Å². The molecule has 2 N–H and O–H groups in total. The van der Waals surface area contributed by atoms with Crippen LogP contribution in [0.4, 0.5) is 4.39 Å². The molecule has 0 saturated carbocycles. The van der Waals surface area contributed by atoms with E-state index < -0.39 is 5.82 Å². The maximum Gasteiger partial charge on any atom is 0.148 e. The van der Waals surface area contributed by atoms with E-state index in [0.29, 0.717) is 11.3 Å². The summed E-state index contributed by atoms with van der Waals surface area (Å²) in [4.78, 5) is 0. The van der Waals surface area contributed by atoms with E-state index in [-0.39, 0.29) is 17.7 Å². The first-order valence-corrected chi connectivity index (χ1v) is 6.78. The topological polar surface area (TPSA) is 35.2 Å². The Morgan fingerprint density at radius 1 is 1.30 bits per heavy atom. The van der Waals surface area contributed by atoms with E-state index in [1.54, 1.807) is 12.1 Å². The molecule has 0 radical (unpaired) electrons. The van der Waals surface area contributed by atoms with Crippen molar-refractivity contribution >= 4 is 11.6 Å². The van der Waals surface area contributed by atoms with Gasteiger partial charge in [0.1, 0.15) is 18.2 Å². The predicted octanol–water partition coefficient (Wildman–Crippen LogP) is 4.39. The number of hydrogen-bond donors (Lipinski definition) is 1. The molecule has 0 fully saturated rings. The number of nitrogens with two attached hydrogens (primary N) is 1. The Labute approximate surface area is 123 Å². The zero-order valence-electron chi connectivity index (χ0n) is 11.5. The van der Waals surface area contributed by atoms with Crippen molar-refractivity contribution in [1.82, 2.24) is 0 Å². The van der Waals surface area contributed by atoms with Gasteiger partial charge in [-0.1, -0.05) is 35.9 Å². The lowest BCUT2D eigenvalue weighted by Crippen LogP contribution is -2.06. The normalized spacial score (nSPS) is 12.2. The molecular weight excluding hydrogens is 277 g/mol. The first kappa shape index (κ1) is 14.8. The van der Waals surface area contributed by atoms with Crippen LogP contribution in [0.3, 0.4) is 0 Å². The van der Waals surface area contributed by atoms with E-state index >= 15 is 0 Å². The van der Waals surface area contributed by atoms with Crippen molar-refractivity contribution in [2.75, 3.05) is 0 Å². The smallest absolute Gasteiger partial charge is 0.148 e. The van der Waals surface area contributed by atoms with Crippen molar-refractivity contribution in [3.63, 3.8) is 0 Å². The summed E-state index contributed by atoms with van der Waals surface area (Å²) in [5.74, 6) is 0.285. The van der Waals surface area contributed by atoms with Crippen molar-refractivity contribution in [1.29, 1.82) is 0 Å². The van der Waals surface area contributed by atoms with Gasteiger partial charge in [0, 0.05) is 11.6 Å². The van der Waals surface area contributed by atoms with Crippen molar-refractivity contribution in [2.24, 2.45) is 5.73 Å². The molecule has 4 heteroatoms. The number of aryl methyl sites for hydroxylation is 1. The van der Waals surface area contributed by atoms with Crippen LogP contribution in [0, 0.1) is 12.7 Å². The number of ether oxygens (including phenoxy) is 1. The molecule has 0 aliphatic heterocycles.